The van der Waals surface area contributed by atoms with E-state index in [9.17, 15) is 0 Å². The van der Waals surface area contributed by atoms with Gasteiger partial charge in [-0.3, -0.25) is 0 Å². The highest BCUT2D eigenvalue weighted by Gasteiger charge is 2.05. The molecule has 0 aliphatic carbocycles. The lowest BCUT2D eigenvalue weighted by atomic mass is 9.93. The molecule has 0 amide bonds. The topological polar surface area (TPSA) is 0 Å². The van der Waals surface area contributed by atoms with E-state index in [0.29, 0.717) is 5.92 Å². The number of hydrogen-bond donors (Lipinski definition) is 0. The first kappa shape index (κ1) is 25.2. The molecular formula is C30H38. The molecule has 158 valence electrons. The molecule has 30 heavy (non-hydrogen) atoms. The molecule has 0 saturated carbocycles. The van der Waals surface area contributed by atoms with Crippen molar-refractivity contribution < 1.29 is 0 Å². The van der Waals surface area contributed by atoms with Gasteiger partial charge in [0.05, 0.1) is 0 Å². The number of fused-ring (bicyclic) bond motifs is 1. The summed E-state index contributed by atoms with van der Waals surface area (Å²) in [5.41, 5.74) is 4.10. The lowest BCUT2D eigenvalue weighted by Crippen LogP contribution is -1.94. The van der Waals surface area contributed by atoms with E-state index in [-0.39, 0.29) is 0 Å². The molecule has 0 N–H and O–H groups in total. The Morgan fingerprint density at radius 2 is 0.967 bits per heavy atom. The van der Waals surface area contributed by atoms with Crippen LogP contribution in [0.25, 0.3) is 10.8 Å². The highest BCUT2D eigenvalue weighted by atomic mass is 14.1. The molecule has 0 spiro atoms. The Morgan fingerprint density at radius 3 is 1.43 bits per heavy atom. The highest BCUT2D eigenvalue weighted by molar-refractivity contribution is 5.85. The molecule has 0 aliphatic rings. The molecule has 0 nitrogen and oxygen atoms in total. The summed E-state index contributed by atoms with van der Waals surface area (Å²) < 4.78 is 0. The standard InChI is InChI=1S/C14H14.C11H10.C3H8.C2H6/c1-12(13-8-4-2-5-9-13)14-10-6-3-7-11-14;1-9-5-4-7-10-6-2-3-8-11(9)10;1-3-2;1-2/h2-12H,1H3;2-8H,1H3;3H2,1-2H3;1-2H3. The molecule has 0 aliphatic heterocycles. The van der Waals surface area contributed by atoms with Crippen LogP contribution in [0.3, 0.4) is 0 Å². The van der Waals surface area contributed by atoms with Crippen molar-refractivity contribution in [2.24, 2.45) is 0 Å². The Hall–Kier alpha value is -2.86. The molecule has 0 atom stereocenters. The summed E-state index contributed by atoms with van der Waals surface area (Å²) >= 11 is 0. The third kappa shape index (κ3) is 8.25. The Kier molecular flexibility index (Phi) is 12.6. The molecule has 4 aromatic carbocycles. The van der Waals surface area contributed by atoms with Gasteiger partial charge >= 0.3 is 0 Å². The average Bonchev–Trinajstić information content (AvgIpc) is 2.82. The summed E-state index contributed by atoms with van der Waals surface area (Å²) in [4.78, 5) is 0. The third-order valence-corrected chi connectivity index (χ3v) is 4.61. The lowest BCUT2D eigenvalue weighted by molar-refractivity contribution is 0.922. The van der Waals surface area contributed by atoms with Crippen molar-refractivity contribution >= 4 is 10.8 Å². The number of hydrogen-bond acceptors (Lipinski definition) is 0. The fourth-order valence-corrected chi connectivity index (χ4v) is 3.06. The summed E-state index contributed by atoms with van der Waals surface area (Å²) in [6.45, 7) is 12.6. The summed E-state index contributed by atoms with van der Waals surface area (Å²) in [5, 5.41) is 2.68. The van der Waals surface area contributed by atoms with Crippen LogP contribution in [0.4, 0.5) is 0 Å². The fourth-order valence-electron chi connectivity index (χ4n) is 3.06. The molecule has 0 aromatic heterocycles. The van der Waals surface area contributed by atoms with Crippen molar-refractivity contribution in [2.45, 2.75) is 53.9 Å². The van der Waals surface area contributed by atoms with Gasteiger partial charge in [-0.1, -0.05) is 144 Å². The molecule has 0 heterocycles. The molecule has 0 radical (unpaired) electrons. The van der Waals surface area contributed by atoms with Crippen LogP contribution in [0, 0.1) is 6.92 Å². The van der Waals surface area contributed by atoms with Gasteiger partial charge in [-0.15, -0.1) is 0 Å². The largest absolute Gasteiger partial charge is 0.0683 e. The van der Waals surface area contributed by atoms with Crippen molar-refractivity contribution in [2.75, 3.05) is 0 Å². The predicted molar refractivity (Wildman–Crippen MR) is 136 cm³/mol. The van der Waals surface area contributed by atoms with E-state index >= 15 is 0 Å². The fraction of sp³-hybridized carbons (Fsp3) is 0.267. The van der Waals surface area contributed by atoms with E-state index in [1.807, 2.05) is 13.8 Å². The van der Waals surface area contributed by atoms with Crippen LogP contribution in [0.2, 0.25) is 0 Å². The maximum absolute atomic E-state index is 2.24. The zero-order chi connectivity index (χ0) is 22.2. The monoisotopic (exact) mass is 398 g/mol. The van der Waals surface area contributed by atoms with Gasteiger partial charge in [-0.25, -0.2) is 0 Å². The number of rotatable bonds is 2. The quantitative estimate of drug-likeness (QED) is 0.315. The molecule has 4 aromatic rings. The van der Waals surface area contributed by atoms with Crippen molar-refractivity contribution in [3.05, 3.63) is 120 Å². The Balaban J connectivity index is 0.000000252. The van der Waals surface area contributed by atoms with E-state index in [0.717, 1.165) is 0 Å². The van der Waals surface area contributed by atoms with Crippen molar-refractivity contribution in [1.82, 2.24) is 0 Å². The van der Waals surface area contributed by atoms with Crippen molar-refractivity contribution in [3.8, 4) is 0 Å². The summed E-state index contributed by atoms with van der Waals surface area (Å²) in [7, 11) is 0. The van der Waals surface area contributed by atoms with Gasteiger partial charge in [0.15, 0.2) is 0 Å². The zero-order valence-electron chi connectivity index (χ0n) is 19.6. The molecule has 0 fully saturated rings. The highest BCUT2D eigenvalue weighted by Crippen LogP contribution is 2.23. The maximum Gasteiger partial charge on any atom is 0.00610 e. The van der Waals surface area contributed by atoms with Crippen molar-refractivity contribution in [1.29, 1.82) is 0 Å². The third-order valence-electron chi connectivity index (χ3n) is 4.61. The van der Waals surface area contributed by atoms with Gasteiger partial charge in [0.25, 0.3) is 0 Å². The van der Waals surface area contributed by atoms with Crippen LogP contribution in [0.5, 0.6) is 0 Å². The van der Waals surface area contributed by atoms with Gasteiger partial charge in [-0.05, 0) is 34.4 Å². The van der Waals surface area contributed by atoms with Gasteiger partial charge in [-0.2, -0.15) is 0 Å². The van der Waals surface area contributed by atoms with Crippen LogP contribution in [0.15, 0.2) is 103 Å². The average molecular weight is 399 g/mol. The first-order chi connectivity index (χ1) is 14.7. The van der Waals surface area contributed by atoms with Crippen LogP contribution >= 0.6 is 0 Å². The SMILES string of the molecule is CC.CC(c1ccccc1)c1ccccc1.CCC.Cc1cccc2ccccc12. The molecule has 0 bridgehead atoms. The van der Waals surface area contributed by atoms with Crippen LogP contribution < -0.4 is 0 Å². The summed E-state index contributed by atoms with van der Waals surface area (Å²) in [6.07, 6.45) is 1.25. The van der Waals surface area contributed by atoms with E-state index in [2.05, 4.69) is 131 Å². The molecular weight excluding hydrogens is 360 g/mol. The van der Waals surface area contributed by atoms with Crippen molar-refractivity contribution in [3.63, 3.8) is 0 Å². The second-order valence-electron chi connectivity index (χ2n) is 7.05. The van der Waals surface area contributed by atoms with Crippen LogP contribution in [-0.4, -0.2) is 0 Å². The molecule has 4 rings (SSSR count). The zero-order valence-corrected chi connectivity index (χ0v) is 19.6. The lowest BCUT2D eigenvalue weighted by Gasteiger charge is -2.11. The van der Waals surface area contributed by atoms with Gasteiger partial charge in [0.2, 0.25) is 0 Å². The van der Waals surface area contributed by atoms with E-state index in [4.69, 9.17) is 0 Å². The maximum atomic E-state index is 2.24. The van der Waals surface area contributed by atoms with Crippen LogP contribution in [0.1, 0.15) is 63.6 Å². The molecule has 0 saturated heterocycles. The van der Waals surface area contributed by atoms with Gasteiger partial charge in [0, 0.05) is 5.92 Å². The normalized spacial score (nSPS) is 9.43. The van der Waals surface area contributed by atoms with E-state index < -0.39 is 0 Å². The minimum Gasteiger partial charge on any atom is -0.0683 e. The Bertz CT molecular complexity index is 879. The Morgan fingerprint density at radius 1 is 0.567 bits per heavy atom. The molecule has 0 unspecified atom stereocenters. The minimum absolute atomic E-state index is 0.484. The van der Waals surface area contributed by atoms with E-state index in [1.165, 1.54) is 33.9 Å². The second kappa shape index (κ2) is 15.0. The van der Waals surface area contributed by atoms with Crippen LogP contribution in [-0.2, 0) is 0 Å². The number of aryl methyl sites for hydroxylation is 1. The predicted octanol–water partition coefficient (Wildman–Crippen LogP) is 9.43. The first-order valence-electron chi connectivity index (χ1n) is 11.2. The number of benzene rings is 4. The molecule has 0 heteroatoms. The van der Waals surface area contributed by atoms with Gasteiger partial charge in [0.1, 0.15) is 0 Å². The summed E-state index contributed by atoms with van der Waals surface area (Å²) in [5.74, 6) is 0.484. The Labute approximate surface area is 184 Å². The summed E-state index contributed by atoms with van der Waals surface area (Å²) in [6, 6.07) is 36.0. The van der Waals surface area contributed by atoms with Gasteiger partial charge < -0.3 is 0 Å². The second-order valence-corrected chi connectivity index (χ2v) is 7.05. The first-order valence-corrected chi connectivity index (χ1v) is 11.2. The smallest absolute Gasteiger partial charge is 0.00610 e. The minimum atomic E-state index is 0.484. The van der Waals surface area contributed by atoms with E-state index in [1.54, 1.807) is 0 Å².